The van der Waals surface area contributed by atoms with E-state index in [9.17, 15) is 4.79 Å². The molecule has 0 aliphatic rings. The highest BCUT2D eigenvalue weighted by molar-refractivity contribution is 5.81. The number of amides is 1. The number of hydrogen-bond acceptors (Lipinski definition) is 3. The molecule has 0 fully saturated rings. The van der Waals surface area contributed by atoms with E-state index in [-0.39, 0.29) is 5.91 Å². The van der Waals surface area contributed by atoms with Gasteiger partial charge in [0.05, 0.1) is 12.2 Å². The number of nitrogens with zero attached hydrogens (tertiary/aromatic N) is 3. The van der Waals surface area contributed by atoms with Gasteiger partial charge in [-0.3, -0.25) is 9.48 Å². The summed E-state index contributed by atoms with van der Waals surface area (Å²) in [6, 6.07) is -0.406. The van der Waals surface area contributed by atoms with Crippen molar-refractivity contribution in [2.24, 2.45) is 11.7 Å². The average Bonchev–Trinajstić information content (AvgIpc) is 2.74. The molecule has 0 saturated heterocycles. The summed E-state index contributed by atoms with van der Waals surface area (Å²) in [5.41, 5.74) is 6.92. The largest absolute Gasteiger partial charge is 0.340 e. The van der Waals surface area contributed by atoms with Gasteiger partial charge >= 0.3 is 0 Å². The van der Waals surface area contributed by atoms with Crippen LogP contribution in [0.15, 0.2) is 12.4 Å². The van der Waals surface area contributed by atoms with E-state index in [1.54, 1.807) is 18.1 Å². The Labute approximate surface area is 109 Å². The summed E-state index contributed by atoms with van der Waals surface area (Å²) in [7, 11) is 1.78. The van der Waals surface area contributed by atoms with Crippen LogP contribution in [0.5, 0.6) is 0 Å². The minimum absolute atomic E-state index is 0.00653. The Morgan fingerprint density at radius 2 is 2.22 bits per heavy atom. The molecular formula is C13H24N4O. The Morgan fingerprint density at radius 3 is 2.72 bits per heavy atom. The van der Waals surface area contributed by atoms with Crippen molar-refractivity contribution in [1.29, 1.82) is 0 Å². The number of likely N-dealkylation sites (N-methyl/N-ethyl adjacent to an activating group) is 1. The van der Waals surface area contributed by atoms with E-state index in [0.29, 0.717) is 12.5 Å². The van der Waals surface area contributed by atoms with Crippen LogP contribution in [0.3, 0.4) is 0 Å². The molecule has 1 aromatic heterocycles. The summed E-state index contributed by atoms with van der Waals surface area (Å²) in [6.45, 7) is 7.57. The summed E-state index contributed by atoms with van der Waals surface area (Å²) in [6.07, 6.45) is 4.47. The molecule has 0 bridgehead atoms. The highest BCUT2D eigenvalue weighted by Gasteiger charge is 2.19. The summed E-state index contributed by atoms with van der Waals surface area (Å²) >= 11 is 0. The van der Waals surface area contributed by atoms with Gasteiger partial charge in [0, 0.05) is 31.9 Å². The van der Waals surface area contributed by atoms with Crippen LogP contribution >= 0.6 is 0 Å². The van der Waals surface area contributed by atoms with Gasteiger partial charge in [0.1, 0.15) is 0 Å². The molecule has 0 aliphatic carbocycles. The van der Waals surface area contributed by atoms with Gasteiger partial charge < -0.3 is 10.6 Å². The normalized spacial score (nSPS) is 12.8. The van der Waals surface area contributed by atoms with E-state index in [2.05, 4.69) is 18.9 Å². The Morgan fingerprint density at radius 1 is 1.56 bits per heavy atom. The van der Waals surface area contributed by atoms with Crippen LogP contribution in [0.25, 0.3) is 0 Å². The lowest BCUT2D eigenvalue weighted by Crippen LogP contribution is -2.42. The van der Waals surface area contributed by atoms with Crippen LogP contribution in [0, 0.1) is 5.92 Å². The number of hydrogen-bond donors (Lipinski definition) is 1. The second-order valence-electron chi connectivity index (χ2n) is 5.13. The Hall–Kier alpha value is -1.36. The number of carbonyl (C=O) groups is 1. The maximum absolute atomic E-state index is 12.0. The molecule has 0 spiro atoms. The third kappa shape index (κ3) is 4.14. The molecule has 1 amide bonds. The number of aryl methyl sites for hydroxylation is 1. The standard InChI is InChI=1S/C13H24N4O/c1-5-17-9-11(7-15-17)8-16(4)13(18)12(14)6-10(2)3/h7,9-10,12H,5-6,8,14H2,1-4H3/t12-/m0/s1. The van der Waals surface area contributed by atoms with E-state index in [1.165, 1.54) is 0 Å². The van der Waals surface area contributed by atoms with E-state index >= 15 is 0 Å². The minimum atomic E-state index is -0.406. The van der Waals surface area contributed by atoms with Crippen molar-refractivity contribution in [2.75, 3.05) is 7.05 Å². The fourth-order valence-electron chi connectivity index (χ4n) is 1.90. The van der Waals surface area contributed by atoms with E-state index in [4.69, 9.17) is 5.73 Å². The fraction of sp³-hybridized carbons (Fsp3) is 0.692. The lowest BCUT2D eigenvalue weighted by molar-refractivity contribution is -0.132. The number of aromatic nitrogens is 2. The van der Waals surface area contributed by atoms with Crippen LogP contribution < -0.4 is 5.73 Å². The van der Waals surface area contributed by atoms with Crippen LogP contribution in [0.4, 0.5) is 0 Å². The molecule has 0 saturated carbocycles. The zero-order valence-electron chi connectivity index (χ0n) is 11.8. The zero-order valence-corrected chi connectivity index (χ0v) is 11.8. The van der Waals surface area contributed by atoms with Gasteiger partial charge in [0.2, 0.25) is 5.91 Å². The van der Waals surface area contributed by atoms with Crippen molar-refractivity contribution in [3.8, 4) is 0 Å². The van der Waals surface area contributed by atoms with Gasteiger partial charge in [-0.1, -0.05) is 13.8 Å². The molecule has 0 aliphatic heterocycles. The van der Waals surface area contributed by atoms with Crippen LogP contribution in [0.2, 0.25) is 0 Å². The predicted molar refractivity (Wildman–Crippen MR) is 71.8 cm³/mol. The van der Waals surface area contributed by atoms with Gasteiger partial charge in [-0.15, -0.1) is 0 Å². The van der Waals surface area contributed by atoms with Gasteiger partial charge in [-0.2, -0.15) is 5.10 Å². The second-order valence-corrected chi connectivity index (χ2v) is 5.13. The summed E-state index contributed by atoms with van der Waals surface area (Å²) in [5.74, 6) is 0.424. The predicted octanol–water partition coefficient (Wildman–Crippen LogP) is 1.23. The van der Waals surface area contributed by atoms with Crippen LogP contribution in [0.1, 0.15) is 32.8 Å². The lowest BCUT2D eigenvalue weighted by atomic mass is 10.0. The summed E-state index contributed by atoms with van der Waals surface area (Å²) in [4.78, 5) is 13.7. The first-order valence-corrected chi connectivity index (χ1v) is 6.46. The molecule has 0 radical (unpaired) electrons. The first-order chi connectivity index (χ1) is 8.43. The third-order valence-electron chi connectivity index (χ3n) is 2.85. The molecule has 2 N–H and O–H groups in total. The molecule has 102 valence electrons. The highest BCUT2D eigenvalue weighted by Crippen LogP contribution is 2.08. The maximum Gasteiger partial charge on any atom is 0.239 e. The van der Waals surface area contributed by atoms with Crippen LogP contribution in [-0.2, 0) is 17.9 Å². The van der Waals surface area contributed by atoms with Crippen molar-refractivity contribution >= 4 is 5.91 Å². The quantitative estimate of drug-likeness (QED) is 0.828. The van der Waals surface area contributed by atoms with Gasteiger partial charge in [0.15, 0.2) is 0 Å². The number of nitrogens with two attached hydrogens (primary N) is 1. The second kappa shape index (κ2) is 6.54. The lowest BCUT2D eigenvalue weighted by Gasteiger charge is -2.21. The van der Waals surface area contributed by atoms with E-state index in [1.807, 2.05) is 17.8 Å². The molecule has 1 rings (SSSR count). The molecule has 1 atom stereocenters. The zero-order chi connectivity index (χ0) is 13.7. The van der Waals surface area contributed by atoms with Gasteiger partial charge in [-0.25, -0.2) is 0 Å². The molecule has 5 heteroatoms. The van der Waals surface area contributed by atoms with Crippen molar-refractivity contribution < 1.29 is 4.79 Å². The molecular weight excluding hydrogens is 228 g/mol. The molecule has 1 heterocycles. The fourth-order valence-corrected chi connectivity index (χ4v) is 1.90. The van der Waals surface area contributed by atoms with Crippen molar-refractivity contribution in [1.82, 2.24) is 14.7 Å². The van der Waals surface area contributed by atoms with Crippen LogP contribution in [-0.4, -0.2) is 33.7 Å². The number of carbonyl (C=O) groups excluding carboxylic acids is 1. The number of rotatable bonds is 6. The minimum Gasteiger partial charge on any atom is -0.340 e. The molecule has 18 heavy (non-hydrogen) atoms. The Bertz CT molecular complexity index is 386. The van der Waals surface area contributed by atoms with Gasteiger partial charge in [0.25, 0.3) is 0 Å². The molecule has 0 unspecified atom stereocenters. The van der Waals surface area contributed by atoms with Gasteiger partial charge in [-0.05, 0) is 19.3 Å². The van der Waals surface area contributed by atoms with Crippen molar-refractivity contribution in [3.63, 3.8) is 0 Å². The van der Waals surface area contributed by atoms with E-state index < -0.39 is 6.04 Å². The molecule has 5 nitrogen and oxygen atoms in total. The molecule has 0 aromatic carbocycles. The van der Waals surface area contributed by atoms with Crippen molar-refractivity contribution in [2.45, 2.75) is 46.3 Å². The summed E-state index contributed by atoms with van der Waals surface area (Å²) in [5, 5.41) is 4.19. The first kappa shape index (κ1) is 14.7. The first-order valence-electron chi connectivity index (χ1n) is 6.46. The van der Waals surface area contributed by atoms with E-state index in [0.717, 1.165) is 18.5 Å². The smallest absolute Gasteiger partial charge is 0.239 e. The average molecular weight is 252 g/mol. The van der Waals surface area contributed by atoms with Crippen molar-refractivity contribution in [3.05, 3.63) is 18.0 Å². The monoisotopic (exact) mass is 252 g/mol. The Balaban J connectivity index is 2.53. The maximum atomic E-state index is 12.0. The SMILES string of the molecule is CCn1cc(CN(C)C(=O)[C@@H](N)CC(C)C)cn1. The highest BCUT2D eigenvalue weighted by atomic mass is 16.2. The topological polar surface area (TPSA) is 64.2 Å². The Kier molecular flexibility index (Phi) is 5.34. The summed E-state index contributed by atoms with van der Waals surface area (Å²) < 4.78 is 1.85. The molecule has 1 aromatic rings. The third-order valence-corrected chi connectivity index (χ3v) is 2.85.